The molecule has 2 rings (SSSR count). The normalized spacial score (nSPS) is 19.7. The monoisotopic (exact) mass is 257 g/mol. The van der Waals surface area contributed by atoms with Gasteiger partial charge in [0.25, 0.3) is 0 Å². The Morgan fingerprint density at radius 3 is 2.84 bits per heavy atom. The van der Waals surface area contributed by atoms with E-state index in [9.17, 15) is 4.79 Å². The van der Waals surface area contributed by atoms with Crippen LogP contribution < -0.4 is 5.32 Å². The van der Waals surface area contributed by atoms with Crippen LogP contribution in [-0.4, -0.2) is 30.4 Å². The smallest absolute Gasteiger partial charge is 0.238 e. The first-order valence-electron chi connectivity index (χ1n) is 6.70. The lowest BCUT2D eigenvalue weighted by atomic mass is 10.0. The van der Waals surface area contributed by atoms with Crippen molar-refractivity contribution in [3.63, 3.8) is 0 Å². The highest BCUT2D eigenvalue weighted by atomic mass is 16.2. The molecule has 4 heteroatoms. The number of piperidine rings is 1. The van der Waals surface area contributed by atoms with Crippen LogP contribution in [0, 0.1) is 17.2 Å². The van der Waals surface area contributed by atoms with E-state index < -0.39 is 0 Å². The second-order valence-corrected chi connectivity index (χ2v) is 5.22. The Kier molecular flexibility index (Phi) is 4.53. The minimum absolute atomic E-state index is 0.0128. The third kappa shape index (κ3) is 4.08. The van der Waals surface area contributed by atoms with Gasteiger partial charge in [0.15, 0.2) is 0 Å². The summed E-state index contributed by atoms with van der Waals surface area (Å²) in [6, 6.07) is 8.99. The van der Waals surface area contributed by atoms with Crippen LogP contribution in [0.5, 0.6) is 0 Å². The van der Waals surface area contributed by atoms with Crippen LogP contribution in [0.15, 0.2) is 24.3 Å². The number of carbonyl (C=O) groups excluding carboxylic acids is 1. The van der Waals surface area contributed by atoms with Crippen molar-refractivity contribution < 1.29 is 4.79 Å². The Morgan fingerprint density at radius 1 is 1.47 bits per heavy atom. The second-order valence-electron chi connectivity index (χ2n) is 5.22. The summed E-state index contributed by atoms with van der Waals surface area (Å²) in [7, 11) is 0. The van der Waals surface area contributed by atoms with Crippen molar-refractivity contribution in [2.24, 2.45) is 5.92 Å². The maximum absolute atomic E-state index is 11.9. The van der Waals surface area contributed by atoms with Crippen molar-refractivity contribution in [3.05, 3.63) is 29.8 Å². The summed E-state index contributed by atoms with van der Waals surface area (Å²) in [5, 5.41) is 11.6. The van der Waals surface area contributed by atoms with E-state index in [1.54, 1.807) is 24.3 Å². The number of nitrogens with zero attached hydrogens (tertiary/aromatic N) is 2. The first-order valence-corrected chi connectivity index (χ1v) is 6.70. The van der Waals surface area contributed by atoms with E-state index in [-0.39, 0.29) is 5.91 Å². The largest absolute Gasteiger partial charge is 0.325 e. The number of carbonyl (C=O) groups is 1. The molecule has 0 saturated carbocycles. The first kappa shape index (κ1) is 13.6. The summed E-state index contributed by atoms with van der Waals surface area (Å²) in [5.74, 6) is 0.690. The number of rotatable bonds is 3. The molecule has 0 unspecified atom stereocenters. The van der Waals surface area contributed by atoms with Gasteiger partial charge in [-0.2, -0.15) is 5.26 Å². The van der Waals surface area contributed by atoms with Crippen molar-refractivity contribution >= 4 is 11.6 Å². The lowest BCUT2D eigenvalue weighted by molar-refractivity contribution is -0.117. The maximum atomic E-state index is 11.9. The number of hydrogen-bond acceptors (Lipinski definition) is 3. The quantitative estimate of drug-likeness (QED) is 0.903. The summed E-state index contributed by atoms with van der Waals surface area (Å²) in [4.78, 5) is 14.1. The third-order valence-corrected chi connectivity index (χ3v) is 3.41. The van der Waals surface area contributed by atoms with Gasteiger partial charge < -0.3 is 5.32 Å². The number of amides is 1. The molecule has 1 fully saturated rings. The van der Waals surface area contributed by atoms with E-state index in [0.29, 0.717) is 18.0 Å². The van der Waals surface area contributed by atoms with Crippen LogP contribution in [0.4, 0.5) is 5.69 Å². The lowest BCUT2D eigenvalue weighted by Crippen LogP contribution is -2.39. The molecule has 4 nitrogen and oxygen atoms in total. The van der Waals surface area contributed by atoms with Gasteiger partial charge in [-0.05, 0) is 49.6 Å². The van der Waals surface area contributed by atoms with Crippen LogP contribution in [0.1, 0.15) is 25.3 Å². The van der Waals surface area contributed by atoms with Crippen LogP contribution >= 0.6 is 0 Å². The van der Waals surface area contributed by atoms with Crippen LogP contribution in [0.3, 0.4) is 0 Å². The molecule has 19 heavy (non-hydrogen) atoms. The SMILES string of the molecule is C[C@H]1CCCN(CC(=O)Nc2ccc(C#N)cc2)C1. The van der Waals surface area contributed by atoms with Gasteiger partial charge >= 0.3 is 0 Å². The molecule has 1 saturated heterocycles. The summed E-state index contributed by atoms with van der Waals surface area (Å²) < 4.78 is 0. The average molecular weight is 257 g/mol. The summed E-state index contributed by atoms with van der Waals surface area (Å²) in [6.07, 6.45) is 2.43. The number of hydrogen-bond donors (Lipinski definition) is 1. The van der Waals surface area contributed by atoms with Gasteiger partial charge in [-0.25, -0.2) is 0 Å². The Labute approximate surface area is 114 Å². The van der Waals surface area contributed by atoms with Crippen LogP contribution in [-0.2, 0) is 4.79 Å². The number of nitriles is 1. The third-order valence-electron chi connectivity index (χ3n) is 3.41. The topological polar surface area (TPSA) is 56.1 Å². The first-order chi connectivity index (χ1) is 9.17. The zero-order chi connectivity index (χ0) is 13.7. The van der Waals surface area contributed by atoms with Gasteiger partial charge in [-0.15, -0.1) is 0 Å². The Morgan fingerprint density at radius 2 is 2.21 bits per heavy atom. The van der Waals surface area contributed by atoms with Gasteiger partial charge in [0.2, 0.25) is 5.91 Å². The molecule has 1 N–H and O–H groups in total. The summed E-state index contributed by atoms with van der Waals surface area (Å²) >= 11 is 0. The van der Waals surface area contributed by atoms with Gasteiger partial charge in [-0.3, -0.25) is 9.69 Å². The molecule has 1 aromatic carbocycles. The predicted octanol–water partition coefficient (Wildman–Crippen LogP) is 2.23. The van der Waals surface area contributed by atoms with Crippen molar-refractivity contribution in [2.75, 3.05) is 25.0 Å². The summed E-state index contributed by atoms with van der Waals surface area (Å²) in [6.45, 7) is 4.68. The highest BCUT2D eigenvalue weighted by molar-refractivity contribution is 5.92. The average Bonchev–Trinajstić information content (AvgIpc) is 2.39. The van der Waals surface area contributed by atoms with Gasteiger partial charge in [0.05, 0.1) is 18.2 Å². The summed E-state index contributed by atoms with van der Waals surface area (Å²) in [5.41, 5.74) is 1.34. The Balaban J connectivity index is 1.85. The van der Waals surface area contributed by atoms with Gasteiger partial charge in [0.1, 0.15) is 0 Å². The molecule has 1 aliphatic rings. The molecular formula is C15H19N3O. The second kappa shape index (κ2) is 6.35. The van der Waals surface area contributed by atoms with E-state index in [1.807, 2.05) is 0 Å². The van der Waals surface area contributed by atoms with Gasteiger partial charge in [0, 0.05) is 12.2 Å². The molecule has 1 heterocycles. The van der Waals surface area contributed by atoms with E-state index in [1.165, 1.54) is 12.8 Å². The van der Waals surface area contributed by atoms with E-state index in [2.05, 4.69) is 23.2 Å². The molecule has 1 aromatic rings. The molecule has 0 aliphatic carbocycles. The fraction of sp³-hybridized carbons (Fsp3) is 0.467. The number of nitrogens with one attached hydrogen (secondary N) is 1. The number of likely N-dealkylation sites (tertiary alicyclic amines) is 1. The highest BCUT2D eigenvalue weighted by Crippen LogP contribution is 2.15. The van der Waals surface area contributed by atoms with Crippen LogP contribution in [0.2, 0.25) is 0 Å². The van der Waals surface area contributed by atoms with E-state index in [4.69, 9.17) is 5.26 Å². The standard InChI is InChI=1S/C15H19N3O/c1-12-3-2-8-18(10-12)11-15(19)17-14-6-4-13(9-16)5-7-14/h4-7,12H,2-3,8,10-11H2,1H3,(H,17,19)/t12-/m0/s1. The number of anilines is 1. The van der Waals surface area contributed by atoms with Crippen molar-refractivity contribution in [1.82, 2.24) is 4.90 Å². The molecule has 100 valence electrons. The maximum Gasteiger partial charge on any atom is 0.238 e. The predicted molar refractivity (Wildman–Crippen MR) is 74.6 cm³/mol. The molecule has 0 bridgehead atoms. The highest BCUT2D eigenvalue weighted by Gasteiger charge is 2.18. The zero-order valence-corrected chi connectivity index (χ0v) is 11.2. The molecular weight excluding hydrogens is 238 g/mol. The van der Waals surface area contributed by atoms with Crippen molar-refractivity contribution in [2.45, 2.75) is 19.8 Å². The Bertz CT molecular complexity index is 475. The zero-order valence-electron chi connectivity index (χ0n) is 11.2. The molecule has 1 atom stereocenters. The molecule has 0 aromatic heterocycles. The van der Waals surface area contributed by atoms with Crippen molar-refractivity contribution in [1.29, 1.82) is 5.26 Å². The number of benzene rings is 1. The fourth-order valence-corrected chi connectivity index (χ4v) is 2.46. The minimum atomic E-state index is 0.0128. The van der Waals surface area contributed by atoms with E-state index >= 15 is 0 Å². The van der Waals surface area contributed by atoms with E-state index in [0.717, 1.165) is 18.8 Å². The molecule has 1 amide bonds. The lowest BCUT2D eigenvalue weighted by Gasteiger charge is -2.30. The Hall–Kier alpha value is -1.86. The van der Waals surface area contributed by atoms with Gasteiger partial charge in [-0.1, -0.05) is 6.92 Å². The van der Waals surface area contributed by atoms with Crippen LogP contribution in [0.25, 0.3) is 0 Å². The minimum Gasteiger partial charge on any atom is -0.325 e. The fourth-order valence-electron chi connectivity index (χ4n) is 2.46. The molecule has 0 spiro atoms. The molecule has 0 radical (unpaired) electrons. The molecule has 1 aliphatic heterocycles. The van der Waals surface area contributed by atoms with Crippen molar-refractivity contribution in [3.8, 4) is 6.07 Å².